The molecule has 1 saturated carbocycles. The summed E-state index contributed by atoms with van der Waals surface area (Å²) >= 11 is 1.69. The van der Waals surface area contributed by atoms with Crippen LogP contribution in [0.1, 0.15) is 32.1 Å². The van der Waals surface area contributed by atoms with E-state index in [0.717, 1.165) is 24.2 Å². The van der Waals surface area contributed by atoms with Crippen molar-refractivity contribution >= 4 is 17.4 Å². The zero-order valence-electron chi connectivity index (χ0n) is 10.6. The van der Waals surface area contributed by atoms with Gasteiger partial charge in [-0.2, -0.15) is 5.26 Å². The van der Waals surface area contributed by atoms with Crippen LogP contribution in [0.2, 0.25) is 0 Å². The van der Waals surface area contributed by atoms with Gasteiger partial charge >= 0.3 is 0 Å². The number of rotatable bonds is 3. The molecule has 2 unspecified atom stereocenters. The Balaban J connectivity index is 2.06. The second kappa shape index (κ2) is 6.58. The Morgan fingerprint density at radius 3 is 2.53 bits per heavy atom. The van der Waals surface area contributed by atoms with Crippen LogP contribution in [0.3, 0.4) is 0 Å². The second-order valence-corrected chi connectivity index (χ2v) is 6.09. The number of nitro benzene ring substituents is 1. The highest BCUT2D eigenvalue weighted by Gasteiger charge is 2.24. The van der Waals surface area contributed by atoms with Crippen LogP contribution in [0.5, 0.6) is 0 Å². The highest BCUT2D eigenvalue weighted by atomic mass is 32.2. The molecule has 0 radical (unpaired) electrons. The van der Waals surface area contributed by atoms with E-state index in [0.29, 0.717) is 5.25 Å². The van der Waals surface area contributed by atoms with Crippen LogP contribution < -0.4 is 0 Å². The molecule has 100 valence electrons. The predicted octanol–water partition coefficient (Wildman–Crippen LogP) is 4.16. The van der Waals surface area contributed by atoms with Crippen LogP contribution in [0, 0.1) is 27.4 Å². The molecular formula is C14H16N2O2S. The van der Waals surface area contributed by atoms with Crippen LogP contribution in [-0.4, -0.2) is 10.2 Å². The summed E-state index contributed by atoms with van der Waals surface area (Å²) in [5.41, 5.74) is 0.113. The molecule has 1 aliphatic carbocycles. The lowest BCUT2D eigenvalue weighted by atomic mass is 10.0. The minimum Gasteiger partial charge on any atom is -0.258 e. The lowest BCUT2D eigenvalue weighted by molar-refractivity contribution is -0.384. The first-order valence-corrected chi connectivity index (χ1v) is 7.39. The first-order valence-electron chi connectivity index (χ1n) is 6.51. The standard InChI is InChI=1S/C14H16N2O2S/c15-10-11-4-2-1-3-5-14(11)19-13-8-6-12(7-9-13)16(17)18/h6-9,11,14H,1-5H2. The zero-order valence-corrected chi connectivity index (χ0v) is 11.4. The van der Waals surface area contributed by atoms with Crippen molar-refractivity contribution in [3.05, 3.63) is 34.4 Å². The topological polar surface area (TPSA) is 66.9 Å². The Morgan fingerprint density at radius 2 is 1.89 bits per heavy atom. The average Bonchev–Trinajstić information content (AvgIpc) is 2.64. The van der Waals surface area contributed by atoms with Crippen LogP contribution >= 0.6 is 11.8 Å². The summed E-state index contributed by atoms with van der Waals surface area (Å²) in [5, 5.41) is 20.1. The van der Waals surface area contributed by atoms with Crippen molar-refractivity contribution in [3.63, 3.8) is 0 Å². The fourth-order valence-electron chi connectivity index (χ4n) is 2.38. The molecule has 1 aliphatic rings. The van der Waals surface area contributed by atoms with E-state index in [2.05, 4.69) is 6.07 Å². The van der Waals surface area contributed by atoms with Gasteiger partial charge in [0, 0.05) is 22.3 Å². The second-order valence-electron chi connectivity index (χ2n) is 4.78. The maximum atomic E-state index is 10.6. The lowest BCUT2D eigenvalue weighted by Gasteiger charge is -2.18. The van der Waals surface area contributed by atoms with E-state index in [1.54, 1.807) is 23.9 Å². The van der Waals surface area contributed by atoms with E-state index < -0.39 is 4.92 Å². The first kappa shape index (κ1) is 13.9. The van der Waals surface area contributed by atoms with Crippen LogP contribution in [0.15, 0.2) is 29.2 Å². The maximum Gasteiger partial charge on any atom is 0.269 e. The van der Waals surface area contributed by atoms with Crippen molar-refractivity contribution in [2.75, 3.05) is 0 Å². The summed E-state index contributed by atoms with van der Waals surface area (Å²) in [6, 6.07) is 9.03. The number of nitro groups is 1. The fraction of sp³-hybridized carbons (Fsp3) is 0.500. The van der Waals surface area contributed by atoms with Crippen molar-refractivity contribution in [1.29, 1.82) is 5.26 Å². The van der Waals surface area contributed by atoms with Gasteiger partial charge in [0.15, 0.2) is 0 Å². The monoisotopic (exact) mass is 276 g/mol. The molecule has 0 spiro atoms. The predicted molar refractivity (Wildman–Crippen MR) is 74.9 cm³/mol. The van der Waals surface area contributed by atoms with Crippen LogP contribution in [0.25, 0.3) is 0 Å². The molecule has 0 aliphatic heterocycles. The van der Waals surface area contributed by atoms with Gasteiger partial charge in [-0.1, -0.05) is 19.3 Å². The van der Waals surface area contributed by atoms with Crippen LogP contribution in [0.4, 0.5) is 5.69 Å². The number of benzene rings is 1. The SMILES string of the molecule is N#CC1CCCCCC1Sc1ccc([N+](=O)[O-])cc1. The quantitative estimate of drug-likeness (QED) is 0.472. The smallest absolute Gasteiger partial charge is 0.258 e. The summed E-state index contributed by atoms with van der Waals surface area (Å²) in [6.07, 6.45) is 5.54. The summed E-state index contributed by atoms with van der Waals surface area (Å²) in [7, 11) is 0. The van der Waals surface area contributed by atoms with Crippen molar-refractivity contribution in [2.24, 2.45) is 5.92 Å². The summed E-state index contributed by atoms with van der Waals surface area (Å²) in [6.45, 7) is 0. The summed E-state index contributed by atoms with van der Waals surface area (Å²) in [5.74, 6) is 0.0997. The molecule has 1 aromatic carbocycles. The minimum atomic E-state index is -0.391. The number of hydrogen-bond acceptors (Lipinski definition) is 4. The Labute approximate surface area is 117 Å². The fourth-order valence-corrected chi connectivity index (χ4v) is 3.67. The summed E-state index contributed by atoms with van der Waals surface area (Å²) in [4.78, 5) is 11.2. The van der Waals surface area contributed by atoms with Gasteiger partial charge in [-0.05, 0) is 25.0 Å². The number of hydrogen-bond donors (Lipinski definition) is 0. The van der Waals surface area contributed by atoms with Crippen molar-refractivity contribution in [3.8, 4) is 6.07 Å². The zero-order chi connectivity index (χ0) is 13.7. The molecular weight excluding hydrogens is 260 g/mol. The number of nitriles is 1. The summed E-state index contributed by atoms with van der Waals surface area (Å²) < 4.78 is 0. The molecule has 0 aromatic heterocycles. The van der Waals surface area contributed by atoms with Gasteiger partial charge in [0.05, 0.1) is 16.9 Å². The largest absolute Gasteiger partial charge is 0.269 e. The Hall–Kier alpha value is -1.54. The van der Waals surface area contributed by atoms with Gasteiger partial charge in [0.1, 0.15) is 0 Å². The highest BCUT2D eigenvalue weighted by Crippen LogP contribution is 2.36. The molecule has 0 bridgehead atoms. The molecule has 1 aromatic rings. The van der Waals surface area contributed by atoms with Gasteiger partial charge in [0.2, 0.25) is 0 Å². The highest BCUT2D eigenvalue weighted by molar-refractivity contribution is 8.00. The van der Waals surface area contributed by atoms with Gasteiger partial charge in [-0.25, -0.2) is 0 Å². The number of non-ortho nitro benzene ring substituents is 1. The molecule has 2 atom stereocenters. The first-order chi connectivity index (χ1) is 9.20. The van der Waals surface area contributed by atoms with Gasteiger partial charge in [-0.15, -0.1) is 11.8 Å². The van der Waals surface area contributed by atoms with Crippen molar-refractivity contribution < 1.29 is 4.92 Å². The lowest BCUT2D eigenvalue weighted by Crippen LogP contribution is -2.13. The molecule has 19 heavy (non-hydrogen) atoms. The van der Waals surface area contributed by atoms with E-state index in [9.17, 15) is 15.4 Å². The van der Waals surface area contributed by atoms with E-state index in [4.69, 9.17) is 0 Å². The molecule has 2 rings (SSSR count). The molecule has 0 saturated heterocycles. The molecule has 0 amide bonds. The molecule has 1 fully saturated rings. The Kier molecular flexibility index (Phi) is 4.80. The Bertz CT molecular complexity index is 481. The van der Waals surface area contributed by atoms with Crippen LogP contribution in [-0.2, 0) is 0 Å². The third-order valence-corrected chi connectivity index (χ3v) is 4.86. The maximum absolute atomic E-state index is 10.6. The Morgan fingerprint density at radius 1 is 1.21 bits per heavy atom. The number of thioether (sulfide) groups is 1. The van der Waals surface area contributed by atoms with E-state index in [1.165, 1.54) is 25.0 Å². The minimum absolute atomic E-state index is 0.0997. The molecule has 5 heteroatoms. The molecule has 0 N–H and O–H groups in total. The van der Waals surface area contributed by atoms with E-state index in [-0.39, 0.29) is 11.6 Å². The van der Waals surface area contributed by atoms with Crippen molar-refractivity contribution in [1.82, 2.24) is 0 Å². The average molecular weight is 276 g/mol. The normalized spacial score (nSPS) is 23.3. The van der Waals surface area contributed by atoms with Gasteiger partial charge < -0.3 is 0 Å². The van der Waals surface area contributed by atoms with E-state index in [1.807, 2.05) is 0 Å². The number of nitrogens with zero attached hydrogens (tertiary/aromatic N) is 2. The third kappa shape index (κ3) is 3.71. The van der Waals surface area contributed by atoms with Gasteiger partial charge in [-0.3, -0.25) is 10.1 Å². The van der Waals surface area contributed by atoms with E-state index >= 15 is 0 Å². The molecule has 4 nitrogen and oxygen atoms in total. The third-order valence-electron chi connectivity index (χ3n) is 3.45. The molecule has 0 heterocycles. The van der Waals surface area contributed by atoms with Crippen molar-refractivity contribution in [2.45, 2.75) is 42.2 Å². The van der Waals surface area contributed by atoms with Gasteiger partial charge in [0.25, 0.3) is 5.69 Å².